The van der Waals surface area contributed by atoms with E-state index in [1.165, 1.54) is 6.20 Å². The highest BCUT2D eigenvalue weighted by Gasteiger charge is 2.32. The minimum Gasteiger partial charge on any atom is -0.369 e. The van der Waals surface area contributed by atoms with Gasteiger partial charge in [-0.25, -0.2) is 0 Å². The summed E-state index contributed by atoms with van der Waals surface area (Å²) < 4.78 is 38.8. The van der Waals surface area contributed by atoms with Crippen LogP contribution in [0.1, 0.15) is 17.5 Å². The van der Waals surface area contributed by atoms with E-state index in [1.807, 2.05) is 29.2 Å². The van der Waals surface area contributed by atoms with Crippen LogP contribution in [-0.2, 0) is 17.4 Å². The van der Waals surface area contributed by atoms with Crippen LogP contribution in [0.3, 0.4) is 0 Å². The highest BCUT2D eigenvalue weighted by molar-refractivity contribution is 5.79. The molecule has 2 aromatic rings. The maximum atomic E-state index is 12.9. The SMILES string of the molecule is O=C(Cc1ccc(N2CCNCC2)cc1)N[C@@H]1CCN(c2cncc(C(F)(F)F)c2)C1. The van der Waals surface area contributed by atoms with Crippen molar-refractivity contribution in [1.29, 1.82) is 0 Å². The van der Waals surface area contributed by atoms with Crippen molar-refractivity contribution in [3.05, 3.63) is 53.9 Å². The largest absolute Gasteiger partial charge is 0.417 e. The van der Waals surface area contributed by atoms with Gasteiger partial charge in [0.25, 0.3) is 0 Å². The van der Waals surface area contributed by atoms with E-state index in [9.17, 15) is 18.0 Å². The Morgan fingerprint density at radius 2 is 1.81 bits per heavy atom. The van der Waals surface area contributed by atoms with Gasteiger partial charge in [-0.3, -0.25) is 9.78 Å². The van der Waals surface area contributed by atoms with Crippen LogP contribution in [0.15, 0.2) is 42.7 Å². The van der Waals surface area contributed by atoms with Gasteiger partial charge in [-0.1, -0.05) is 12.1 Å². The summed E-state index contributed by atoms with van der Waals surface area (Å²) in [5, 5.41) is 6.34. The van der Waals surface area contributed by atoms with Crippen molar-refractivity contribution in [2.75, 3.05) is 49.1 Å². The summed E-state index contributed by atoms with van der Waals surface area (Å²) in [4.78, 5) is 20.3. The Morgan fingerprint density at radius 1 is 1.06 bits per heavy atom. The molecule has 1 amide bonds. The summed E-state index contributed by atoms with van der Waals surface area (Å²) in [5.41, 5.74) is 1.76. The first kappa shape index (κ1) is 21.4. The van der Waals surface area contributed by atoms with Crippen LogP contribution >= 0.6 is 0 Å². The Balaban J connectivity index is 1.29. The molecule has 2 aliphatic heterocycles. The molecular formula is C22H26F3N5O. The normalized spacial score (nSPS) is 19.5. The van der Waals surface area contributed by atoms with Gasteiger partial charge in [-0.15, -0.1) is 0 Å². The molecule has 3 heterocycles. The fraction of sp³-hybridized carbons (Fsp3) is 0.455. The third-order valence-electron chi connectivity index (χ3n) is 5.75. The molecule has 6 nitrogen and oxygen atoms in total. The quantitative estimate of drug-likeness (QED) is 0.759. The van der Waals surface area contributed by atoms with Crippen molar-refractivity contribution in [3.8, 4) is 0 Å². The van der Waals surface area contributed by atoms with Crippen molar-refractivity contribution in [1.82, 2.24) is 15.6 Å². The van der Waals surface area contributed by atoms with Gasteiger partial charge >= 0.3 is 6.18 Å². The summed E-state index contributed by atoms with van der Waals surface area (Å²) in [6, 6.07) is 9.06. The number of alkyl halides is 3. The molecular weight excluding hydrogens is 407 g/mol. The second kappa shape index (κ2) is 9.13. The second-order valence-corrected chi connectivity index (χ2v) is 8.01. The average Bonchev–Trinajstić information content (AvgIpc) is 3.23. The van der Waals surface area contributed by atoms with E-state index in [-0.39, 0.29) is 18.4 Å². The number of carbonyl (C=O) groups excluding carboxylic acids is 1. The van der Waals surface area contributed by atoms with Gasteiger partial charge in [-0.2, -0.15) is 13.2 Å². The molecule has 2 saturated heterocycles. The molecule has 0 aliphatic carbocycles. The molecule has 166 valence electrons. The molecule has 1 atom stereocenters. The molecule has 2 fully saturated rings. The minimum atomic E-state index is -4.42. The number of hydrogen-bond acceptors (Lipinski definition) is 5. The van der Waals surface area contributed by atoms with Crippen LogP contribution in [0.2, 0.25) is 0 Å². The lowest BCUT2D eigenvalue weighted by molar-refractivity contribution is -0.137. The fourth-order valence-corrected chi connectivity index (χ4v) is 4.08. The van der Waals surface area contributed by atoms with Crippen LogP contribution in [0.25, 0.3) is 0 Å². The number of nitrogens with one attached hydrogen (secondary N) is 2. The Bertz CT molecular complexity index is 897. The van der Waals surface area contributed by atoms with Crippen LogP contribution in [0, 0.1) is 0 Å². The number of carbonyl (C=O) groups is 1. The van der Waals surface area contributed by atoms with Crippen molar-refractivity contribution < 1.29 is 18.0 Å². The van der Waals surface area contributed by atoms with Gasteiger partial charge in [0.2, 0.25) is 5.91 Å². The topological polar surface area (TPSA) is 60.5 Å². The summed E-state index contributed by atoms with van der Waals surface area (Å²) >= 11 is 0. The standard InChI is InChI=1S/C22H26F3N5O/c23-22(24,25)17-12-20(14-27-13-17)30-8-5-18(15-30)28-21(31)11-16-1-3-19(4-2-16)29-9-6-26-7-10-29/h1-4,12-14,18,26H,5-11,15H2,(H,28,31)/t18-/m1/s1. The van der Waals surface area contributed by atoms with Crippen molar-refractivity contribution in [3.63, 3.8) is 0 Å². The summed E-state index contributed by atoms with van der Waals surface area (Å²) in [6.45, 7) is 4.93. The Kier molecular flexibility index (Phi) is 6.31. The predicted octanol–water partition coefficient (Wildman–Crippen LogP) is 2.45. The van der Waals surface area contributed by atoms with Gasteiger partial charge in [0.15, 0.2) is 0 Å². The molecule has 2 N–H and O–H groups in total. The molecule has 4 rings (SSSR count). The molecule has 0 unspecified atom stereocenters. The van der Waals surface area contributed by atoms with Gasteiger partial charge in [0.1, 0.15) is 0 Å². The number of piperazine rings is 1. The van der Waals surface area contributed by atoms with Crippen LogP contribution in [0.5, 0.6) is 0 Å². The molecule has 0 radical (unpaired) electrons. The lowest BCUT2D eigenvalue weighted by Crippen LogP contribution is -2.43. The summed E-state index contributed by atoms with van der Waals surface area (Å²) in [5.74, 6) is -0.0797. The lowest BCUT2D eigenvalue weighted by Gasteiger charge is -2.29. The third kappa shape index (κ3) is 5.46. The van der Waals surface area contributed by atoms with Crippen LogP contribution in [-0.4, -0.2) is 56.2 Å². The van der Waals surface area contributed by atoms with Crippen LogP contribution in [0.4, 0.5) is 24.5 Å². The molecule has 1 aromatic heterocycles. The van der Waals surface area contributed by atoms with Crippen LogP contribution < -0.4 is 20.4 Å². The smallest absolute Gasteiger partial charge is 0.369 e. The first-order valence-corrected chi connectivity index (χ1v) is 10.5. The number of rotatable bonds is 5. The first-order valence-electron chi connectivity index (χ1n) is 10.5. The molecule has 9 heteroatoms. The third-order valence-corrected chi connectivity index (χ3v) is 5.75. The number of halogens is 3. The molecule has 0 bridgehead atoms. The van der Waals surface area contributed by atoms with Gasteiger partial charge < -0.3 is 20.4 Å². The number of nitrogens with zero attached hydrogens (tertiary/aromatic N) is 3. The molecule has 1 aromatic carbocycles. The van der Waals surface area contributed by atoms with E-state index in [2.05, 4.69) is 20.5 Å². The van der Waals surface area contributed by atoms with E-state index in [4.69, 9.17) is 0 Å². The van der Waals surface area contributed by atoms with Gasteiger partial charge in [-0.05, 0) is 30.2 Å². The van der Waals surface area contributed by atoms with Gasteiger partial charge in [0, 0.05) is 57.2 Å². The van der Waals surface area contributed by atoms with E-state index >= 15 is 0 Å². The fourth-order valence-electron chi connectivity index (χ4n) is 4.08. The van der Waals surface area contributed by atoms with E-state index < -0.39 is 11.7 Å². The Hall–Kier alpha value is -2.81. The molecule has 0 spiro atoms. The zero-order chi connectivity index (χ0) is 21.8. The van der Waals surface area contributed by atoms with Crippen molar-refractivity contribution >= 4 is 17.3 Å². The number of pyridine rings is 1. The Morgan fingerprint density at radius 3 is 2.52 bits per heavy atom. The maximum absolute atomic E-state index is 12.9. The van der Waals surface area contributed by atoms with Gasteiger partial charge in [0.05, 0.1) is 23.9 Å². The molecule has 0 saturated carbocycles. The lowest BCUT2D eigenvalue weighted by atomic mass is 10.1. The summed E-state index contributed by atoms with van der Waals surface area (Å²) in [7, 11) is 0. The minimum absolute atomic E-state index is 0.0797. The van der Waals surface area contributed by atoms with E-state index in [1.54, 1.807) is 0 Å². The molecule has 2 aliphatic rings. The number of aromatic nitrogens is 1. The monoisotopic (exact) mass is 433 g/mol. The number of benzene rings is 1. The predicted molar refractivity (Wildman–Crippen MR) is 113 cm³/mol. The highest BCUT2D eigenvalue weighted by Crippen LogP contribution is 2.31. The summed E-state index contributed by atoms with van der Waals surface area (Å²) in [6.07, 6.45) is -1.20. The highest BCUT2D eigenvalue weighted by atomic mass is 19.4. The second-order valence-electron chi connectivity index (χ2n) is 8.01. The van der Waals surface area contributed by atoms with E-state index in [0.29, 0.717) is 25.2 Å². The van der Waals surface area contributed by atoms with Crippen molar-refractivity contribution in [2.24, 2.45) is 0 Å². The average molecular weight is 433 g/mol. The zero-order valence-corrected chi connectivity index (χ0v) is 17.2. The number of anilines is 2. The molecule has 31 heavy (non-hydrogen) atoms. The van der Waals surface area contributed by atoms with Crippen molar-refractivity contribution in [2.45, 2.75) is 25.1 Å². The zero-order valence-electron chi connectivity index (χ0n) is 17.2. The Labute approximate surface area is 179 Å². The first-order chi connectivity index (χ1) is 14.9. The maximum Gasteiger partial charge on any atom is 0.417 e. The number of amides is 1. The number of hydrogen-bond donors (Lipinski definition) is 2. The van der Waals surface area contributed by atoms with E-state index in [0.717, 1.165) is 49.7 Å².